The molecular formula is C11H22N2O. The fourth-order valence-corrected chi connectivity index (χ4v) is 1.92. The summed E-state index contributed by atoms with van der Waals surface area (Å²) in [5, 5.41) is 6.03. The van der Waals surface area contributed by atoms with Crippen molar-refractivity contribution in [3.8, 4) is 0 Å². The maximum atomic E-state index is 11.1. The van der Waals surface area contributed by atoms with Gasteiger partial charge in [0.05, 0.1) is 6.54 Å². The van der Waals surface area contributed by atoms with Crippen molar-refractivity contribution < 1.29 is 4.79 Å². The molecule has 0 radical (unpaired) electrons. The molecule has 2 N–H and O–H groups in total. The molecule has 0 aromatic carbocycles. The van der Waals surface area contributed by atoms with Gasteiger partial charge in [-0.3, -0.25) is 4.79 Å². The summed E-state index contributed by atoms with van der Waals surface area (Å²) in [6.45, 7) is 6.37. The third-order valence-corrected chi connectivity index (χ3v) is 2.90. The molecule has 0 aromatic heterocycles. The van der Waals surface area contributed by atoms with E-state index >= 15 is 0 Å². The first-order valence-corrected chi connectivity index (χ1v) is 5.70. The second-order valence-electron chi connectivity index (χ2n) is 4.31. The molecule has 0 unspecified atom stereocenters. The monoisotopic (exact) mass is 198 g/mol. The summed E-state index contributed by atoms with van der Waals surface area (Å²) in [6.07, 6.45) is 5.23. The van der Waals surface area contributed by atoms with Crippen molar-refractivity contribution in [2.45, 2.75) is 39.5 Å². The van der Waals surface area contributed by atoms with Gasteiger partial charge in [-0.15, -0.1) is 0 Å². The average Bonchev–Trinajstić information content (AvgIpc) is 2.86. The Morgan fingerprint density at radius 3 is 2.57 bits per heavy atom. The molecule has 1 fully saturated rings. The molecule has 82 valence electrons. The van der Waals surface area contributed by atoms with Crippen molar-refractivity contribution >= 4 is 5.91 Å². The summed E-state index contributed by atoms with van der Waals surface area (Å²) in [6, 6.07) is 0. The van der Waals surface area contributed by atoms with Crippen molar-refractivity contribution in [3.05, 3.63) is 0 Å². The standard InChI is InChI=1S/C11H22N2O/c1-3-5-11(6-7-11)9-12-8-10(14)13-4-2/h12H,3-9H2,1-2H3,(H,13,14). The molecule has 1 aliphatic carbocycles. The van der Waals surface area contributed by atoms with E-state index < -0.39 is 0 Å². The van der Waals surface area contributed by atoms with E-state index in [4.69, 9.17) is 0 Å². The van der Waals surface area contributed by atoms with Gasteiger partial charge in [-0.1, -0.05) is 13.3 Å². The molecule has 0 aliphatic heterocycles. The highest BCUT2D eigenvalue weighted by atomic mass is 16.1. The van der Waals surface area contributed by atoms with Gasteiger partial charge < -0.3 is 10.6 Å². The molecule has 0 aromatic rings. The Bertz CT molecular complexity index is 188. The van der Waals surface area contributed by atoms with Gasteiger partial charge in [0.25, 0.3) is 0 Å². The van der Waals surface area contributed by atoms with Crippen molar-refractivity contribution in [2.24, 2.45) is 5.41 Å². The minimum absolute atomic E-state index is 0.111. The fraction of sp³-hybridized carbons (Fsp3) is 0.909. The molecule has 0 atom stereocenters. The van der Waals surface area contributed by atoms with Crippen LogP contribution in [0.25, 0.3) is 0 Å². The molecule has 1 rings (SSSR count). The molecule has 1 amide bonds. The van der Waals surface area contributed by atoms with E-state index in [-0.39, 0.29) is 5.91 Å². The van der Waals surface area contributed by atoms with Gasteiger partial charge in [0.1, 0.15) is 0 Å². The highest BCUT2D eigenvalue weighted by molar-refractivity contribution is 5.77. The topological polar surface area (TPSA) is 41.1 Å². The van der Waals surface area contributed by atoms with Crippen molar-refractivity contribution in [1.29, 1.82) is 0 Å². The molecule has 1 saturated carbocycles. The number of rotatable bonds is 7. The largest absolute Gasteiger partial charge is 0.355 e. The molecule has 3 nitrogen and oxygen atoms in total. The van der Waals surface area contributed by atoms with E-state index in [9.17, 15) is 4.79 Å². The third kappa shape index (κ3) is 3.66. The van der Waals surface area contributed by atoms with Crippen LogP contribution in [0.1, 0.15) is 39.5 Å². The van der Waals surface area contributed by atoms with Crippen LogP contribution in [0.3, 0.4) is 0 Å². The van der Waals surface area contributed by atoms with E-state index in [2.05, 4.69) is 17.6 Å². The van der Waals surface area contributed by atoms with E-state index in [1.165, 1.54) is 25.7 Å². The Morgan fingerprint density at radius 1 is 1.36 bits per heavy atom. The first-order valence-electron chi connectivity index (χ1n) is 5.70. The Balaban J connectivity index is 2.06. The average molecular weight is 198 g/mol. The zero-order valence-corrected chi connectivity index (χ0v) is 9.36. The van der Waals surface area contributed by atoms with Crippen LogP contribution in [0.4, 0.5) is 0 Å². The summed E-state index contributed by atoms with van der Waals surface area (Å²) < 4.78 is 0. The Kier molecular flexibility index (Phi) is 4.39. The van der Waals surface area contributed by atoms with Gasteiger partial charge in [-0.05, 0) is 31.6 Å². The zero-order chi connectivity index (χ0) is 10.4. The van der Waals surface area contributed by atoms with Gasteiger partial charge in [-0.25, -0.2) is 0 Å². The number of nitrogens with one attached hydrogen (secondary N) is 2. The summed E-state index contributed by atoms with van der Waals surface area (Å²) >= 11 is 0. The van der Waals surface area contributed by atoms with Crippen molar-refractivity contribution in [3.63, 3.8) is 0 Å². The van der Waals surface area contributed by atoms with Gasteiger partial charge in [-0.2, -0.15) is 0 Å². The molecule has 1 aliphatic rings. The molecule has 3 heteroatoms. The first-order chi connectivity index (χ1) is 6.72. The number of likely N-dealkylation sites (N-methyl/N-ethyl adjacent to an activating group) is 1. The fourth-order valence-electron chi connectivity index (χ4n) is 1.92. The van der Waals surface area contributed by atoms with Crippen LogP contribution in [-0.2, 0) is 4.79 Å². The second-order valence-corrected chi connectivity index (χ2v) is 4.31. The number of hydrogen-bond acceptors (Lipinski definition) is 2. The van der Waals surface area contributed by atoms with Crippen LogP contribution in [-0.4, -0.2) is 25.5 Å². The lowest BCUT2D eigenvalue weighted by molar-refractivity contribution is -0.120. The van der Waals surface area contributed by atoms with Crippen LogP contribution < -0.4 is 10.6 Å². The lowest BCUT2D eigenvalue weighted by Gasteiger charge is -2.14. The minimum Gasteiger partial charge on any atom is -0.355 e. The smallest absolute Gasteiger partial charge is 0.233 e. The number of carbonyl (C=O) groups is 1. The zero-order valence-electron chi connectivity index (χ0n) is 9.36. The Labute approximate surface area is 86.6 Å². The quantitative estimate of drug-likeness (QED) is 0.647. The molecule has 0 saturated heterocycles. The maximum absolute atomic E-state index is 11.1. The second kappa shape index (κ2) is 5.35. The summed E-state index contributed by atoms with van der Waals surface area (Å²) in [7, 11) is 0. The lowest BCUT2D eigenvalue weighted by atomic mass is 10.0. The highest BCUT2D eigenvalue weighted by Gasteiger charge is 2.40. The third-order valence-electron chi connectivity index (χ3n) is 2.90. The Hall–Kier alpha value is -0.570. The van der Waals surface area contributed by atoms with Crippen LogP contribution in [0.2, 0.25) is 0 Å². The minimum atomic E-state index is 0.111. The van der Waals surface area contributed by atoms with E-state index in [1.54, 1.807) is 0 Å². The van der Waals surface area contributed by atoms with Crippen molar-refractivity contribution in [1.82, 2.24) is 10.6 Å². The van der Waals surface area contributed by atoms with Crippen LogP contribution in [0.5, 0.6) is 0 Å². The first kappa shape index (κ1) is 11.5. The lowest BCUT2D eigenvalue weighted by Crippen LogP contribution is -2.36. The normalized spacial score (nSPS) is 17.9. The number of carbonyl (C=O) groups excluding carboxylic acids is 1. The summed E-state index contributed by atoms with van der Waals surface area (Å²) in [4.78, 5) is 11.1. The molecular weight excluding hydrogens is 176 g/mol. The van der Waals surface area contributed by atoms with Gasteiger partial charge in [0.15, 0.2) is 0 Å². The molecule has 0 bridgehead atoms. The molecule has 14 heavy (non-hydrogen) atoms. The van der Waals surface area contributed by atoms with Gasteiger partial charge in [0.2, 0.25) is 5.91 Å². The molecule has 0 spiro atoms. The van der Waals surface area contributed by atoms with Gasteiger partial charge >= 0.3 is 0 Å². The van der Waals surface area contributed by atoms with E-state index in [0.29, 0.717) is 12.0 Å². The highest BCUT2D eigenvalue weighted by Crippen LogP contribution is 2.48. The summed E-state index contributed by atoms with van der Waals surface area (Å²) in [5.74, 6) is 0.111. The Morgan fingerprint density at radius 2 is 2.07 bits per heavy atom. The maximum Gasteiger partial charge on any atom is 0.233 e. The van der Waals surface area contributed by atoms with E-state index in [0.717, 1.165) is 13.1 Å². The molecule has 0 heterocycles. The van der Waals surface area contributed by atoms with Crippen LogP contribution in [0.15, 0.2) is 0 Å². The van der Waals surface area contributed by atoms with Crippen molar-refractivity contribution in [2.75, 3.05) is 19.6 Å². The SMILES string of the molecule is CCCC1(CNCC(=O)NCC)CC1. The number of hydrogen-bond donors (Lipinski definition) is 2. The number of amides is 1. The van der Waals surface area contributed by atoms with E-state index in [1.807, 2.05) is 6.92 Å². The predicted molar refractivity (Wildman–Crippen MR) is 58.1 cm³/mol. The van der Waals surface area contributed by atoms with Gasteiger partial charge in [0, 0.05) is 13.1 Å². The van der Waals surface area contributed by atoms with Crippen LogP contribution in [0, 0.1) is 5.41 Å². The van der Waals surface area contributed by atoms with Crippen LogP contribution >= 0.6 is 0 Å². The predicted octanol–water partition coefficient (Wildman–Crippen LogP) is 1.29. The summed E-state index contributed by atoms with van der Waals surface area (Å²) in [5.41, 5.74) is 0.543.